The van der Waals surface area contributed by atoms with Crippen molar-refractivity contribution < 1.29 is 38.2 Å². The summed E-state index contributed by atoms with van der Waals surface area (Å²) in [5, 5.41) is 0. The summed E-state index contributed by atoms with van der Waals surface area (Å²) in [6, 6.07) is 0. The zero-order valence-corrected chi connectivity index (χ0v) is 40.7. The van der Waals surface area contributed by atoms with Gasteiger partial charge in [0.15, 0.2) is 0 Å². The summed E-state index contributed by atoms with van der Waals surface area (Å²) >= 11 is 0. The van der Waals surface area contributed by atoms with Crippen LogP contribution in [-0.2, 0) is 38.2 Å². The lowest BCUT2D eigenvalue weighted by Crippen LogP contribution is -2.53. The SMILES string of the molecule is CN(C)C(C)(C)CC(C)(C)C(=O)OC(C(C)(C)CC(C)(C)OC(=O)CC(=O)C(C)(C)CC(C)(C)C)C(C)(C)CC(C)(C)OC(=O)CC(=O)C(C)(C)CC(C)(C)C. The molecule has 9 heteroatoms. The van der Waals surface area contributed by atoms with Crippen molar-refractivity contribution in [2.75, 3.05) is 14.1 Å². The molecule has 0 radical (unpaired) electrons. The van der Waals surface area contributed by atoms with Crippen LogP contribution in [0.2, 0.25) is 0 Å². The van der Waals surface area contributed by atoms with Crippen LogP contribution in [0.3, 0.4) is 0 Å². The summed E-state index contributed by atoms with van der Waals surface area (Å²) in [7, 11) is 3.98. The number of nitrogens with zero attached hydrogens (tertiary/aromatic N) is 1. The predicted molar refractivity (Wildman–Crippen MR) is 228 cm³/mol. The van der Waals surface area contributed by atoms with Gasteiger partial charge < -0.3 is 19.1 Å². The van der Waals surface area contributed by atoms with Crippen molar-refractivity contribution in [2.24, 2.45) is 37.9 Å². The van der Waals surface area contributed by atoms with E-state index in [0.29, 0.717) is 32.1 Å². The van der Waals surface area contributed by atoms with Crippen molar-refractivity contribution in [1.82, 2.24) is 4.90 Å². The van der Waals surface area contributed by atoms with Crippen molar-refractivity contribution in [2.45, 2.75) is 220 Å². The number of ether oxygens (including phenoxy) is 3. The third-order valence-corrected chi connectivity index (χ3v) is 10.9. The van der Waals surface area contributed by atoms with Crippen molar-refractivity contribution in [1.29, 1.82) is 0 Å². The van der Waals surface area contributed by atoms with Crippen molar-refractivity contribution in [3.05, 3.63) is 0 Å². The molecule has 0 fully saturated rings. The molecule has 0 saturated carbocycles. The van der Waals surface area contributed by atoms with E-state index in [4.69, 9.17) is 14.2 Å². The quantitative estimate of drug-likeness (QED) is 0.0636. The molecule has 0 atom stereocenters. The van der Waals surface area contributed by atoms with E-state index in [9.17, 15) is 24.0 Å². The van der Waals surface area contributed by atoms with E-state index in [-0.39, 0.29) is 46.7 Å². The van der Waals surface area contributed by atoms with Gasteiger partial charge in [-0.05, 0) is 112 Å². The molecule has 0 spiro atoms. The maximum atomic E-state index is 14.3. The number of Topliss-reactive ketones (excluding diaryl/α,β-unsaturated/α-hetero) is 2. The molecule has 0 saturated heterocycles. The van der Waals surface area contributed by atoms with Gasteiger partial charge >= 0.3 is 17.9 Å². The summed E-state index contributed by atoms with van der Waals surface area (Å²) in [4.78, 5) is 69.6. The molecule has 0 rings (SSSR count). The van der Waals surface area contributed by atoms with Crippen LogP contribution in [0.5, 0.6) is 0 Å². The summed E-state index contributed by atoms with van der Waals surface area (Å²) in [5.41, 5.74) is -6.33. The third-order valence-electron chi connectivity index (χ3n) is 10.9. The number of carbonyl (C=O) groups excluding carboxylic acids is 5. The number of hydrogen-bond acceptors (Lipinski definition) is 9. The van der Waals surface area contributed by atoms with E-state index in [1.54, 1.807) is 0 Å². The van der Waals surface area contributed by atoms with Crippen LogP contribution < -0.4 is 0 Å². The molecule has 0 aromatic carbocycles. The van der Waals surface area contributed by atoms with Crippen LogP contribution in [-0.4, -0.2) is 71.3 Å². The van der Waals surface area contributed by atoms with Crippen LogP contribution >= 0.6 is 0 Å². The molecule has 0 aliphatic carbocycles. The third kappa shape index (κ3) is 18.1. The highest BCUT2D eigenvalue weighted by molar-refractivity contribution is 5.99. The van der Waals surface area contributed by atoms with Gasteiger partial charge in [-0.1, -0.05) is 96.9 Å². The van der Waals surface area contributed by atoms with E-state index in [1.807, 2.05) is 111 Å². The molecule has 56 heavy (non-hydrogen) atoms. The normalized spacial score (nSPS) is 14.5. The Morgan fingerprint density at radius 1 is 0.446 bits per heavy atom. The van der Waals surface area contributed by atoms with E-state index in [2.05, 4.69) is 60.3 Å². The molecule has 0 heterocycles. The molecular weight excluding hydrogens is 707 g/mol. The minimum absolute atomic E-state index is 0.0876. The Balaban J connectivity index is 6.64. The van der Waals surface area contributed by atoms with Crippen molar-refractivity contribution >= 4 is 29.5 Å². The monoisotopic (exact) mass is 794 g/mol. The molecule has 9 nitrogen and oxygen atoms in total. The molecule has 0 unspecified atom stereocenters. The topological polar surface area (TPSA) is 116 Å². The van der Waals surface area contributed by atoms with Gasteiger partial charge in [-0.25, -0.2) is 0 Å². The van der Waals surface area contributed by atoms with Crippen molar-refractivity contribution in [3.63, 3.8) is 0 Å². The van der Waals surface area contributed by atoms with E-state index < -0.39 is 56.3 Å². The lowest BCUT2D eigenvalue weighted by atomic mass is 9.64. The molecule has 0 aromatic rings. The van der Waals surface area contributed by atoms with Gasteiger partial charge in [0, 0.05) is 27.2 Å². The largest absolute Gasteiger partial charge is 0.461 e. The Labute approximate surface area is 343 Å². The van der Waals surface area contributed by atoms with Gasteiger partial charge in [0.1, 0.15) is 41.7 Å². The molecule has 0 aliphatic rings. The van der Waals surface area contributed by atoms with Gasteiger partial charge in [0.05, 0.1) is 5.41 Å². The maximum Gasteiger partial charge on any atom is 0.313 e. The van der Waals surface area contributed by atoms with Crippen LogP contribution in [0, 0.1) is 37.9 Å². The molecule has 0 N–H and O–H groups in total. The Kier molecular flexibility index (Phi) is 17.2. The lowest BCUT2D eigenvalue weighted by molar-refractivity contribution is -0.191. The Morgan fingerprint density at radius 2 is 0.750 bits per heavy atom. The van der Waals surface area contributed by atoms with E-state index >= 15 is 0 Å². The first-order valence-corrected chi connectivity index (χ1v) is 20.7. The van der Waals surface area contributed by atoms with Crippen molar-refractivity contribution in [3.8, 4) is 0 Å². The molecule has 0 bridgehead atoms. The number of carbonyl (C=O) groups is 5. The van der Waals surface area contributed by atoms with E-state index in [0.717, 1.165) is 0 Å². The molecule has 0 aromatic heterocycles. The zero-order valence-electron chi connectivity index (χ0n) is 40.7. The summed E-state index contributed by atoms with van der Waals surface area (Å²) < 4.78 is 18.7. The average molecular weight is 794 g/mol. The number of ketones is 2. The second kappa shape index (κ2) is 17.9. The molecular formula is C47H87NO8. The van der Waals surface area contributed by atoms with E-state index in [1.165, 1.54) is 0 Å². The summed E-state index contributed by atoms with van der Waals surface area (Å²) in [6.45, 7) is 43.1. The maximum absolute atomic E-state index is 14.3. The minimum Gasteiger partial charge on any atom is -0.461 e. The van der Waals surface area contributed by atoms with Crippen LogP contribution in [0.15, 0.2) is 0 Å². The molecule has 0 amide bonds. The first-order valence-electron chi connectivity index (χ1n) is 20.7. The first-order chi connectivity index (χ1) is 24.3. The van der Waals surface area contributed by atoms with Crippen LogP contribution in [0.25, 0.3) is 0 Å². The highest BCUT2D eigenvalue weighted by Crippen LogP contribution is 2.48. The average Bonchev–Trinajstić information content (AvgIpc) is 2.85. The minimum atomic E-state index is -1.03. The second-order valence-electron chi connectivity index (χ2n) is 24.8. The van der Waals surface area contributed by atoms with Gasteiger partial charge in [-0.15, -0.1) is 0 Å². The van der Waals surface area contributed by atoms with Gasteiger partial charge in [-0.2, -0.15) is 0 Å². The molecule has 0 aliphatic heterocycles. The fraction of sp³-hybridized carbons (Fsp3) is 0.894. The zero-order chi connectivity index (χ0) is 45.1. The Bertz CT molecular complexity index is 1310. The smallest absolute Gasteiger partial charge is 0.313 e. The van der Waals surface area contributed by atoms with Crippen LogP contribution in [0.1, 0.15) is 197 Å². The number of hydrogen-bond donors (Lipinski definition) is 0. The lowest BCUT2D eigenvalue weighted by Gasteiger charge is -2.49. The number of esters is 3. The Morgan fingerprint density at radius 3 is 1.02 bits per heavy atom. The standard InChI is InChI=1S/C47H87NO8/c1-38(2,3)27-40(7,8)32(49)25-34(51)55-46(19,20)30-42(11,12)36(54-37(53)44(15,16)29-45(17,18)48(23)24)43(13,14)31-47(21,22)56-35(52)26-33(50)41(9,10)28-39(4,5)6/h36H,25-31H2,1-24H3. The van der Waals surface area contributed by atoms with Gasteiger partial charge in [0.25, 0.3) is 0 Å². The predicted octanol–water partition coefficient (Wildman–Crippen LogP) is 11.0. The second-order valence-corrected chi connectivity index (χ2v) is 24.8. The fourth-order valence-electron chi connectivity index (χ4n) is 9.69. The molecule has 328 valence electrons. The first kappa shape index (κ1) is 53.7. The summed E-state index contributed by atoms with van der Waals surface area (Å²) in [6.07, 6.45) is 0.991. The highest BCUT2D eigenvalue weighted by atomic mass is 16.6. The fourth-order valence-corrected chi connectivity index (χ4v) is 9.69. The summed E-state index contributed by atoms with van der Waals surface area (Å²) in [5.74, 6) is -1.88. The Hall–Kier alpha value is -2.29. The number of rotatable bonds is 21. The highest BCUT2D eigenvalue weighted by Gasteiger charge is 2.51. The van der Waals surface area contributed by atoms with Gasteiger partial charge in [-0.3, -0.25) is 24.0 Å². The van der Waals surface area contributed by atoms with Crippen LogP contribution in [0.4, 0.5) is 0 Å². The van der Waals surface area contributed by atoms with Gasteiger partial charge in [0.2, 0.25) is 0 Å².